The molecule has 0 aliphatic carbocycles. The molecule has 160 valence electrons. The number of hydrogen-bond donors (Lipinski definition) is 2. The van der Waals surface area contributed by atoms with Gasteiger partial charge in [-0.15, -0.1) is 0 Å². The summed E-state index contributed by atoms with van der Waals surface area (Å²) < 4.78 is 5.36. The molecule has 1 unspecified atom stereocenters. The Morgan fingerprint density at radius 1 is 1.06 bits per heavy atom. The van der Waals surface area contributed by atoms with Gasteiger partial charge in [-0.3, -0.25) is 9.71 Å². The van der Waals surface area contributed by atoms with E-state index < -0.39 is 6.10 Å². The first-order chi connectivity index (χ1) is 14.8. The Balaban J connectivity index is 1.65. The third-order valence-corrected chi connectivity index (χ3v) is 5.61. The molecule has 0 radical (unpaired) electrons. The molecular formula is C24H27N5OS. The molecule has 3 heterocycles. The molecule has 0 saturated heterocycles. The molecule has 0 saturated carbocycles. The summed E-state index contributed by atoms with van der Waals surface area (Å²) in [6.07, 6.45) is 1.20. The van der Waals surface area contributed by atoms with Crippen molar-refractivity contribution in [2.45, 2.75) is 45.1 Å². The molecule has 6 nitrogen and oxygen atoms in total. The summed E-state index contributed by atoms with van der Waals surface area (Å²) >= 11 is 1.71. The summed E-state index contributed by atoms with van der Waals surface area (Å²) in [4.78, 5) is 9.40. The fourth-order valence-electron chi connectivity index (χ4n) is 3.22. The van der Waals surface area contributed by atoms with Gasteiger partial charge in [0.1, 0.15) is 0 Å². The number of aromatic nitrogens is 4. The number of hydrogen-bond acceptors (Lipinski definition) is 6. The third-order valence-electron chi connectivity index (χ3n) is 4.71. The van der Waals surface area contributed by atoms with Crippen LogP contribution in [0.15, 0.2) is 60.8 Å². The third kappa shape index (κ3) is 5.12. The standard InChI is InChI=1S/C24H27N5OS/c1-16(30)20-8-6-10-23(28-20)29-22-13-17(11-12-18(22)14-25-29)21-9-5-7-19(27-21)15-26-31-24(2,3)4/h5-14,16,26,30H,15H2,1-4H3. The van der Waals surface area contributed by atoms with E-state index in [-0.39, 0.29) is 4.75 Å². The maximum Gasteiger partial charge on any atom is 0.154 e. The molecule has 0 aliphatic heterocycles. The van der Waals surface area contributed by atoms with Gasteiger partial charge >= 0.3 is 0 Å². The summed E-state index contributed by atoms with van der Waals surface area (Å²) in [7, 11) is 0. The summed E-state index contributed by atoms with van der Waals surface area (Å²) in [5.41, 5.74) is 4.49. The van der Waals surface area contributed by atoms with Crippen LogP contribution in [0.2, 0.25) is 0 Å². The van der Waals surface area contributed by atoms with Crippen LogP contribution in [0.25, 0.3) is 28.0 Å². The van der Waals surface area contributed by atoms with Gasteiger partial charge in [-0.05, 0) is 58.0 Å². The average Bonchev–Trinajstić information content (AvgIpc) is 3.16. The fraction of sp³-hybridized carbons (Fsp3) is 0.292. The topological polar surface area (TPSA) is 75.9 Å². The highest BCUT2D eigenvalue weighted by Crippen LogP contribution is 2.26. The van der Waals surface area contributed by atoms with Crippen LogP contribution in [0, 0.1) is 0 Å². The molecule has 0 spiro atoms. The molecule has 7 heteroatoms. The summed E-state index contributed by atoms with van der Waals surface area (Å²) in [5.74, 6) is 0.677. The lowest BCUT2D eigenvalue weighted by Crippen LogP contribution is -2.17. The van der Waals surface area contributed by atoms with Gasteiger partial charge in [0.15, 0.2) is 5.82 Å². The monoisotopic (exact) mass is 433 g/mol. The van der Waals surface area contributed by atoms with Gasteiger partial charge in [-0.1, -0.05) is 36.2 Å². The number of benzene rings is 1. The lowest BCUT2D eigenvalue weighted by molar-refractivity contribution is 0.194. The number of fused-ring (bicyclic) bond motifs is 1. The SMILES string of the molecule is CC(O)c1cccc(-n2ncc3ccc(-c4cccc(CNSC(C)(C)C)n4)cc32)n1. The van der Waals surface area contributed by atoms with Gasteiger partial charge < -0.3 is 5.11 Å². The number of nitrogens with zero attached hydrogens (tertiary/aromatic N) is 4. The van der Waals surface area contributed by atoms with Crippen LogP contribution in [0.3, 0.4) is 0 Å². The Labute approximate surface area is 186 Å². The van der Waals surface area contributed by atoms with Crippen molar-refractivity contribution in [1.29, 1.82) is 0 Å². The normalized spacial score (nSPS) is 12.9. The summed E-state index contributed by atoms with van der Waals surface area (Å²) in [6, 6.07) is 17.9. The summed E-state index contributed by atoms with van der Waals surface area (Å²) in [5, 5.41) is 15.4. The van der Waals surface area contributed by atoms with Crippen LogP contribution in [-0.2, 0) is 6.54 Å². The van der Waals surface area contributed by atoms with Gasteiger partial charge in [0.25, 0.3) is 0 Å². The van der Waals surface area contributed by atoms with Crippen LogP contribution in [0.5, 0.6) is 0 Å². The molecular weight excluding hydrogens is 406 g/mol. The van der Waals surface area contributed by atoms with Gasteiger partial charge in [0, 0.05) is 22.2 Å². The van der Waals surface area contributed by atoms with E-state index in [2.05, 4.69) is 53.8 Å². The minimum Gasteiger partial charge on any atom is -0.387 e. The lowest BCUT2D eigenvalue weighted by atomic mass is 10.1. The Kier molecular flexibility index (Phi) is 6.09. The van der Waals surface area contributed by atoms with Crippen molar-refractivity contribution in [2.75, 3.05) is 0 Å². The molecule has 4 aromatic rings. The van der Waals surface area contributed by atoms with E-state index in [1.165, 1.54) is 0 Å². The quantitative estimate of drug-likeness (QED) is 0.413. The van der Waals surface area contributed by atoms with Crippen LogP contribution >= 0.6 is 11.9 Å². The minimum atomic E-state index is -0.630. The van der Waals surface area contributed by atoms with Crippen LogP contribution in [0.1, 0.15) is 45.2 Å². The Bertz CT molecular complexity index is 1200. The van der Waals surface area contributed by atoms with Crippen LogP contribution in [-0.4, -0.2) is 29.6 Å². The number of aliphatic hydroxyl groups excluding tert-OH is 1. The molecule has 3 aromatic heterocycles. The van der Waals surface area contributed by atoms with E-state index in [1.807, 2.05) is 42.6 Å². The zero-order valence-electron chi connectivity index (χ0n) is 18.2. The van der Waals surface area contributed by atoms with Crippen molar-refractivity contribution in [2.24, 2.45) is 0 Å². The van der Waals surface area contributed by atoms with E-state index >= 15 is 0 Å². The molecule has 4 rings (SSSR count). The predicted octanol–water partition coefficient (Wildman–Crippen LogP) is 5.07. The first-order valence-corrected chi connectivity index (χ1v) is 11.1. The maximum absolute atomic E-state index is 9.88. The van der Waals surface area contributed by atoms with Gasteiger partial charge in [0.05, 0.1) is 34.9 Å². The highest BCUT2D eigenvalue weighted by Gasteiger charge is 2.12. The zero-order valence-corrected chi connectivity index (χ0v) is 19.0. The largest absolute Gasteiger partial charge is 0.387 e. The fourth-order valence-corrected chi connectivity index (χ4v) is 3.87. The highest BCUT2D eigenvalue weighted by atomic mass is 32.2. The van der Waals surface area contributed by atoms with E-state index in [9.17, 15) is 5.11 Å². The Hall–Kier alpha value is -2.74. The van der Waals surface area contributed by atoms with Gasteiger partial charge in [-0.2, -0.15) is 5.10 Å². The molecule has 31 heavy (non-hydrogen) atoms. The summed E-state index contributed by atoms with van der Waals surface area (Å²) in [6.45, 7) is 8.95. The van der Waals surface area contributed by atoms with E-state index in [0.29, 0.717) is 18.1 Å². The van der Waals surface area contributed by atoms with Crippen molar-refractivity contribution in [1.82, 2.24) is 24.5 Å². The number of rotatable bonds is 6. The molecule has 0 amide bonds. The van der Waals surface area contributed by atoms with Crippen molar-refractivity contribution in [3.05, 3.63) is 72.2 Å². The van der Waals surface area contributed by atoms with E-state index in [0.717, 1.165) is 27.9 Å². The molecule has 0 bridgehead atoms. The average molecular weight is 434 g/mol. The molecule has 0 aliphatic rings. The molecule has 1 aromatic carbocycles. The second-order valence-electron chi connectivity index (χ2n) is 8.48. The first-order valence-electron chi connectivity index (χ1n) is 10.3. The molecule has 0 fully saturated rings. The van der Waals surface area contributed by atoms with Crippen molar-refractivity contribution >= 4 is 22.9 Å². The van der Waals surface area contributed by atoms with Crippen LogP contribution in [0.4, 0.5) is 0 Å². The maximum atomic E-state index is 9.88. The Morgan fingerprint density at radius 2 is 1.87 bits per heavy atom. The second-order valence-corrected chi connectivity index (χ2v) is 10.2. The van der Waals surface area contributed by atoms with Crippen molar-refractivity contribution < 1.29 is 5.11 Å². The number of nitrogens with one attached hydrogen (secondary N) is 1. The first kappa shape index (κ1) is 21.5. The predicted molar refractivity (Wildman–Crippen MR) is 127 cm³/mol. The van der Waals surface area contributed by atoms with Gasteiger partial charge in [0.2, 0.25) is 0 Å². The molecule has 1 atom stereocenters. The second kappa shape index (κ2) is 8.78. The smallest absolute Gasteiger partial charge is 0.154 e. The minimum absolute atomic E-state index is 0.153. The van der Waals surface area contributed by atoms with E-state index in [4.69, 9.17) is 4.98 Å². The van der Waals surface area contributed by atoms with E-state index in [1.54, 1.807) is 23.6 Å². The number of pyridine rings is 2. The highest BCUT2D eigenvalue weighted by molar-refractivity contribution is 7.98. The van der Waals surface area contributed by atoms with Crippen molar-refractivity contribution in [3.8, 4) is 17.1 Å². The van der Waals surface area contributed by atoms with Crippen LogP contribution < -0.4 is 4.72 Å². The lowest BCUT2D eigenvalue weighted by Gasteiger charge is -2.17. The number of aliphatic hydroxyl groups is 1. The Morgan fingerprint density at radius 3 is 2.65 bits per heavy atom. The zero-order chi connectivity index (χ0) is 22.0. The van der Waals surface area contributed by atoms with Crippen molar-refractivity contribution in [3.63, 3.8) is 0 Å². The molecule has 2 N–H and O–H groups in total. The van der Waals surface area contributed by atoms with Gasteiger partial charge in [-0.25, -0.2) is 9.67 Å².